The van der Waals surface area contributed by atoms with Crippen LogP contribution in [0.1, 0.15) is 46.1 Å². The first-order valence-electron chi connectivity index (χ1n) is 13.1. The van der Waals surface area contributed by atoms with Crippen molar-refractivity contribution >= 4 is 36.6 Å². The van der Waals surface area contributed by atoms with E-state index in [1.165, 1.54) is 0 Å². The van der Waals surface area contributed by atoms with Crippen molar-refractivity contribution in [2.24, 2.45) is 5.92 Å². The Labute approximate surface area is 226 Å². The molecule has 208 valence electrons. The van der Waals surface area contributed by atoms with Crippen molar-refractivity contribution in [1.82, 2.24) is 24.6 Å². The van der Waals surface area contributed by atoms with Gasteiger partial charge in [-0.1, -0.05) is 30.4 Å². The fraction of sp³-hybridized carbons (Fsp3) is 0.462. The van der Waals surface area contributed by atoms with Gasteiger partial charge < -0.3 is 24.9 Å². The van der Waals surface area contributed by atoms with Crippen LogP contribution in [0.15, 0.2) is 48.8 Å². The number of esters is 1. The largest absolute Gasteiger partial charge is 0.462 e. The van der Waals surface area contributed by atoms with Crippen molar-refractivity contribution in [3.63, 3.8) is 0 Å². The number of rotatable bonds is 12. The lowest BCUT2D eigenvalue weighted by atomic mass is 10.1. The number of ether oxygens (including phenoxy) is 1. The van der Waals surface area contributed by atoms with Crippen LogP contribution >= 0.6 is 7.75 Å². The van der Waals surface area contributed by atoms with Crippen LogP contribution in [0.3, 0.4) is 0 Å². The Balaban J connectivity index is 1.26. The van der Waals surface area contributed by atoms with E-state index in [1.54, 1.807) is 51.4 Å². The Bertz CT molecular complexity index is 1390. The van der Waals surface area contributed by atoms with E-state index in [2.05, 4.69) is 25.4 Å². The highest BCUT2D eigenvalue weighted by Crippen LogP contribution is 2.46. The lowest BCUT2D eigenvalue weighted by molar-refractivity contribution is -0.149. The fourth-order valence-corrected chi connectivity index (χ4v) is 5.86. The van der Waals surface area contributed by atoms with Crippen LogP contribution in [0.2, 0.25) is 0 Å². The van der Waals surface area contributed by atoms with Crippen LogP contribution in [-0.2, 0) is 18.6 Å². The summed E-state index contributed by atoms with van der Waals surface area (Å²) in [5, 5.41) is 6.10. The number of imidazole rings is 1. The summed E-state index contributed by atoms with van der Waals surface area (Å²) in [6, 6.07) is 8.13. The van der Waals surface area contributed by atoms with Crippen molar-refractivity contribution < 1.29 is 23.1 Å². The van der Waals surface area contributed by atoms with Gasteiger partial charge in [0.25, 0.3) is 0 Å². The summed E-state index contributed by atoms with van der Waals surface area (Å²) in [4.78, 5) is 25.7. The minimum Gasteiger partial charge on any atom is -0.462 e. The number of fused-ring (bicyclic) bond motifs is 1. The monoisotopic (exact) mass is 555 g/mol. The molecule has 3 unspecified atom stereocenters. The second-order valence-corrected chi connectivity index (χ2v) is 11.8. The predicted molar refractivity (Wildman–Crippen MR) is 147 cm³/mol. The van der Waals surface area contributed by atoms with Gasteiger partial charge >= 0.3 is 13.7 Å². The molecule has 0 aliphatic heterocycles. The van der Waals surface area contributed by atoms with E-state index < -0.39 is 19.8 Å². The molecule has 0 saturated heterocycles. The van der Waals surface area contributed by atoms with Gasteiger partial charge in [-0.2, -0.15) is 15.1 Å². The Morgan fingerprint density at radius 2 is 1.95 bits per heavy atom. The van der Waals surface area contributed by atoms with Gasteiger partial charge in [-0.25, -0.2) is 9.55 Å². The Morgan fingerprint density at radius 3 is 2.67 bits per heavy atom. The average Bonchev–Trinajstić information content (AvgIpc) is 3.40. The summed E-state index contributed by atoms with van der Waals surface area (Å²) >= 11 is 0. The first-order valence-corrected chi connectivity index (χ1v) is 14.7. The minimum atomic E-state index is -3.94. The number of carbonyl (C=O) groups is 1. The minimum absolute atomic E-state index is 0.0472. The molecule has 3 aromatic rings. The van der Waals surface area contributed by atoms with Crippen LogP contribution in [0.5, 0.6) is 5.75 Å². The number of allylic oxidation sites excluding steroid dienone is 1. The van der Waals surface area contributed by atoms with Crippen molar-refractivity contribution in [2.45, 2.75) is 64.3 Å². The van der Waals surface area contributed by atoms with Crippen LogP contribution in [-0.4, -0.2) is 50.3 Å². The van der Waals surface area contributed by atoms with Gasteiger partial charge in [0, 0.05) is 12.0 Å². The third-order valence-corrected chi connectivity index (χ3v) is 7.99. The van der Waals surface area contributed by atoms with Crippen LogP contribution < -0.4 is 20.7 Å². The van der Waals surface area contributed by atoms with Gasteiger partial charge in [-0.3, -0.25) is 9.32 Å². The topological polar surface area (TPSA) is 156 Å². The Kier molecular flexibility index (Phi) is 7.88. The third-order valence-electron chi connectivity index (χ3n) is 6.35. The number of hydrogen-bond donors (Lipinski definition) is 3. The smallest absolute Gasteiger partial charge is 0.459 e. The van der Waals surface area contributed by atoms with Gasteiger partial charge in [0.15, 0.2) is 17.0 Å². The summed E-state index contributed by atoms with van der Waals surface area (Å²) < 4.78 is 32.6. The molecule has 2 aromatic heterocycles. The molecule has 0 amide bonds. The van der Waals surface area contributed by atoms with Crippen molar-refractivity contribution in [3.8, 4) is 5.75 Å². The normalized spacial score (nSPS) is 21.1. The number of nitrogen functional groups attached to an aromatic ring is 1. The molecule has 1 fully saturated rings. The summed E-state index contributed by atoms with van der Waals surface area (Å²) in [5.41, 5.74) is 7.32. The zero-order valence-corrected chi connectivity index (χ0v) is 23.1. The van der Waals surface area contributed by atoms with Gasteiger partial charge in [0.05, 0.1) is 25.1 Å². The number of benzene rings is 1. The maximum Gasteiger partial charge on any atom is 0.459 e. The fourth-order valence-electron chi connectivity index (χ4n) is 4.31. The van der Waals surface area contributed by atoms with Crippen LogP contribution in [0.4, 0.5) is 11.8 Å². The molecule has 2 heterocycles. The van der Waals surface area contributed by atoms with Gasteiger partial charge in [-0.15, -0.1) is 0 Å². The maximum atomic E-state index is 13.8. The number of para-hydroxylation sites is 1. The van der Waals surface area contributed by atoms with E-state index in [-0.39, 0.29) is 30.6 Å². The average molecular weight is 556 g/mol. The molecule has 12 nitrogen and oxygen atoms in total. The number of nitrogens with one attached hydrogen (secondary N) is 2. The molecule has 2 aliphatic rings. The first kappa shape index (κ1) is 27.1. The van der Waals surface area contributed by atoms with Crippen molar-refractivity contribution in [3.05, 3.63) is 48.8 Å². The van der Waals surface area contributed by atoms with E-state index in [9.17, 15) is 9.36 Å². The number of carbonyl (C=O) groups excluding carboxylic acids is 1. The number of nitrogens with two attached hydrogens (primary N) is 1. The van der Waals surface area contributed by atoms with E-state index in [1.807, 2.05) is 22.8 Å². The Morgan fingerprint density at radius 1 is 1.18 bits per heavy atom. The highest BCUT2D eigenvalue weighted by molar-refractivity contribution is 7.52. The molecule has 4 N–H and O–H groups in total. The molecule has 5 rings (SSSR count). The molecule has 0 radical (unpaired) electrons. The molecular weight excluding hydrogens is 521 g/mol. The molecule has 1 saturated carbocycles. The zero-order chi connectivity index (χ0) is 27.6. The molecule has 0 spiro atoms. The highest BCUT2D eigenvalue weighted by Gasteiger charge is 2.34. The number of nitrogens with zero attached hydrogens (tertiary/aromatic N) is 4. The zero-order valence-electron chi connectivity index (χ0n) is 22.2. The summed E-state index contributed by atoms with van der Waals surface area (Å²) in [7, 11) is -3.94. The van der Waals surface area contributed by atoms with Crippen molar-refractivity contribution in [1.29, 1.82) is 0 Å². The third kappa shape index (κ3) is 6.76. The van der Waals surface area contributed by atoms with Gasteiger partial charge in [0.2, 0.25) is 5.95 Å². The van der Waals surface area contributed by atoms with Gasteiger partial charge in [0.1, 0.15) is 11.8 Å². The Hall–Kier alpha value is -3.47. The molecular formula is C26H34N7O5P. The lowest BCUT2D eigenvalue weighted by Crippen LogP contribution is -2.36. The standard InChI is InChI=1S/C26H34N7O5P/c1-16(2)37-25(34)17(3)32-39(35,38-21-7-5-4-6-8-21)36-14-18-9-12-20(13-18)33-15-28-22-23(29-19-10-11-19)30-26(27)31-24(22)33/h4-9,12,15-20H,10-11,13-14H2,1-3H3,(H,32,35)(H3,27,29,30,31)/t17-,18?,20?,39?/m0/s1. The van der Waals surface area contributed by atoms with E-state index in [0.29, 0.717) is 35.2 Å². The van der Waals surface area contributed by atoms with E-state index in [4.69, 9.17) is 19.5 Å². The quantitative estimate of drug-likeness (QED) is 0.167. The maximum absolute atomic E-state index is 13.8. The van der Waals surface area contributed by atoms with Crippen LogP contribution in [0.25, 0.3) is 11.2 Å². The van der Waals surface area contributed by atoms with Gasteiger partial charge in [-0.05, 0) is 52.2 Å². The van der Waals surface area contributed by atoms with E-state index >= 15 is 0 Å². The highest BCUT2D eigenvalue weighted by atomic mass is 31.2. The number of anilines is 2. The molecule has 4 atom stereocenters. The number of aromatic nitrogens is 4. The molecule has 13 heteroatoms. The van der Waals surface area contributed by atoms with Crippen LogP contribution in [0, 0.1) is 5.92 Å². The molecule has 1 aromatic carbocycles. The summed E-state index contributed by atoms with van der Waals surface area (Å²) in [6.45, 7) is 5.16. The lowest BCUT2D eigenvalue weighted by Gasteiger charge is -2.24. The van der Waals surface area contributed by atoms with Crippen molar-refractivity contribution in [2.75, 3.05) is 17.7 Å². The summed E-state index contributed by atoms with van der Waals surface area (Å²) in [6.07, 6.45) is 8.35. The second kappa shape index (κ2) is 11.3. The van der Waals surface area contributed by atoms with E-state index in [0.717, 1.165) is 12.8 Å². The summed E-state index contributed by atoms with van der Waals surface area (Å²) in [5.74, 6) is 0.578. The molecule has 39 heavy (non-hydrogen) atoms. The molecule has 0 bridgehead atoms. The SMILES string of the molecule is CC(C)OC(=O)[C@H](C)NP(=O)(OCC1C=CC(n2cnc3c(NC4CC4)nc(N)nc32)C1)Oc1ccccc1. The first-order chi connectivity index (χ1) is 18.7. The molecule has 2 aliphatic carbocycles. The number of hydrogen-bond acceptors (Lipinski definition) is 10. The second-order valence-electron chi connectivity index (χ2n) is 10.2. The predicted octanol–water partition coefficient (Wildman–Crippen LogP) is 4.23.